The summed E-state index contributed by atoms with van der Waals surface area (Å²) in [4.78, 5) is 129. The first-order valence-electron chi connectivity index (χ1n) is 32.2. The highest BCUT2D eigenvalue weighted by Gasteiger charge is 2.47. The number of fused-ring (bicyclic) bond motifs is 1. The van der Waals surface area contributed by atoms with Crippen molar-refractivity contribution in [3.63, 3.8) is 0 Å². The quantitative estimate of drug-likeness (QED) is 0.0264. The van der Waals surface area contributed by atoms with Crippen LogP contribution in [0, 0.1) is 20.8 Å². The molecule has 93 heavy (non-hydrogen) atoms. The first-order valence-corrected chi connectivity index (χ1v) is 33.3. The van der Waals surface area contributed by atoms with Crippen LogP contribution in [-0.2, 0) is 49.5 Å². The molecule has 0 aliphatic carbocycles. The molecule has 3 aromatic rings. The summed E-state index contributed by atoms with van der Waals surface area (Å²) in [5.74, 6) is -7.33. The van der Waals surface area contributed by atoms with Crippen LogP contribution in [0.4, 0.5) is 8.78 Å². The van der Waals surface area contributed by atoms with Crippen molar-refractivity contribution in [1.29, 1.82) is 5.26 Å². The van der Waals surface area contributed by atoms with Crippen molar-refractivity contribution in [2.24, 2.45) is 5.92 Å². The molecule has 28 heteroatoms. The molecular weight excluding hydrogens is 1320 g/mol. The number of nitrogens with zero attached hydrogens (tertiary/aromatic N) is 8. The van der Waals surface area contributed by atoms with Crippen LogP contribution in [0.15, 0.2) is 54.7 Å². The van der Waals surface area contributed by atoms with Gasteiger partial charge in [-0.15, -0.1) is 0 Å². The predicted molar refractivity (Wildman–Crippen MR) is 347 cm³/mol. The number of pyridine rings is 1. The van der Waals surface area contributed by atoms with Gasteiger partial charge in [-0.2, -0.15) is 5.26 Å². The van der Waals surface area contributed by atoms with Crippen LogP contribution in [-0.4, -0.2) is 252 Å². The molecule has 3 aliphatic rings. The van der Waals surface area contributed by atoms with Gasteiger partial charge in [-0.1, -0.05) is 25.0 Å². The van der Waals surface area contributed by atoms with Crippen LogP contribution >= 0.6 is 22.6 Å². The summed E-state index contributed by atoms with van der Waals surface area (Å²) in [6.45, 7) is 2.27. The molecule has 0 bridgehead atoms. The Balaban J connectivity index is 0.906. The van der Waals surface area contributed by atoms with Gasteiger partial charge < -0.3 is 50.5 Å². The average Bonchev–Trinajstić information content (AvgIpc) is 1.74. The molecule has 6 rings (SSSR count). The number of piperidine rings is 1. The van der Waals surface area contributed by atoms with Gasteiger partial charge in [-0.25, -0.2) is 8.78 Å². The Kier molecular flexibility index (Phi) is 31.9. The predicted octanol–water partition coefficient (Wildman–Crippen LogP) is 4.53. The Bertz CT molecular complexity index is 2980. The number of nitriles is 1. The number of unbranched alkanes of at least 4 members (excludes halogenated alkanes) is 3. The summed E-state index contributed by atoms with van der Waals surface area (Å²) in [6.07, 6.45) is 8.87. The van der Waals surface area contributed by atoms with E-state index in [1.165, 1.54) is 6.20 Å². The van der Waals surface area contributed by atoms with E-state index < -0.39 is 66.6 Å². The molecule has 5 amide bonds. The van der Waals surface area contributed by atoms with Crippen LogP contribution in [0.2, 0.25) is 0 Å². The number of amides is 5. The Morgan fingerprint density at radius 1 is 0.667 bits per heavy atom. The maximum absolute atomic E-state index is 13.9. The first kappa shape index (κ1) is 75.0. The highest BCUT2D eigenvalue weighted by molar-refractivity contribution is 14.1. The fourth-order valence-corrected chi connectivity index (χ4v) is 12.0. The standard InChI is InChI=1S/C65H90F2IN11O14/c66-65(67)40-50(41-69)79(46-65)60(84)18-17-56(80)52-19-24-70-54-16-15-51(39-53(52)54)93-36-5-3-7-48-20-26-78(27-21-48)59(83)10-2-1-4-23-72-64(91)55(22-37-92-38-25-71-57(81)9-6-8-47-11-13-49(68)14-12-47)73-58(82)42-74-28-30-75(43-61(85)86)32-34-77(45-63(89)90)35-33-76(31-29-74)44-62(87)88/h11-16,19,24,39,48,50,55H,1-10,17-18,20-23,25-38,40,42-46H2,(H,71,81)(H,72,91)(H,73,82)(H,85,86)(H,87,88)(H,89,90)/t50-,55?/m1/s1. The van der Waals surface area contributed by atoms with Crippen molar-refractivity contribution >= 4 is 86.7 Å². The Labute approximate surface area is 555 Å². The minimum Gasteiger partial charge on any atom is -0.494 e. The SMILES string of the molecule is N#C[C@H]1CC(F)(F)CN1C(=O)CCC(=O)c1ccnc2ccc(OCCCCC3CCN(C(=O)CCCCCNC(=O)C(CCOCCNC(=O)CCCc4ccc(I)cc4)NC(=O)CN4CCN(CC(=O)O)CCN(CC(=O)O)CCN(CC(=O)O)CC4)CC3)cc12. The normalized spacial score (nSPS) is 17.5. The van der Waals surface area contributed by atoms with Crippen molar-refractivity contribution in [2.45, 2.75) is 121 Å². The van der Waals surface area contributed by atoms with E-state index in [-0.39, 0.29) is 142 Å². The summed E-state index contributed by atoms with van der Waals surface area (Å²) in [5, 5.41) is 47.3. The van der Waals surface area contributed by atoms with E-state index in [2.05, 4.69) is 43.5 Å². The zero-order chi connectivity index (χ0) is 67.1. The average molecular weight is 1410 g/mol. The van der Waals surface area contributed by atoms with Crippen molar-refractivity contribution in [2.75, 3.05) is 131 Å². The highest BCUT2D eigenvalue weighted by Crippen LogP contribution is 2.33. The number of carboxylic acids is 3. The van der Waals surface area contributed by atoms with Crippen molar-refractivity contribution < 1.29 is 76.7 Å². The molecular formula is C65H90F2IN11O14. The summed E-state index contributed by atoms with van der Waals surface area (Å²) in [7, 11) is 0. The Morgan fingerprint density at radius 3 is 1.92 bits per heavy atom. The summed E-state index contributed by atoms with van der Waals surface area (Å²) in [5.41, 5.74) is 2.04. The van der Waals surface area contributed by atoms with Crippen LogP contribution in [0.3, 0.4) is 0 Å². The van der Waals surface area contributed by atoms with Crippen LogP contribution in [0.25, 0.3) is 10.9 Å². The summed E-state index contributed by atoms with van der Waals surface area (Å²) in [6, 6.07) is 14.5. The number of hydrogen-bond acceptors (Lipinski definition) is 17. The van der Waals surface area contributed by atoms with E-state index in [9.17, 15) is 72.5 Å². The third-order valence-electron chi connectivity index (χ3n) is 16.9. The number of alkyl halides is 2. The van der Waals surface area contributed by atoms with Crippen LogP contribution in [0.5, 0.6) is 5.75 Å². The van der Waals surface area contributed by atoms with E-state index in [1.54, 1.807) is 49.9 Å². The van der Waals surface area contributed by atoms with Crippen LogP contribution < -0.4 is 20.7 Å². The molecule has 2 atom stereocenters. The number of halogens is 3. The monoisotopic (exact) mass is 1410 g/mol. The number of benzene rings is 2. The number of aliphatic carboxylic acids is 3. The summed E-state index contributed by atoms with van der Waals surface area (Å²) < 4.78 is 40.9. The second-order valence-corrected chi connectivity index (χ2v) is 25.3. The number of rotatable bonds is 36. The van der Waals surface area contributed by atoms with Gasteiger partial charge in [0.15, 0.2) is 5.78 Å². The van der Waals surface area contributed by atoms with E-state index >= 15 is 0 Å². The van der Waals surface area contributed by atoms with Gasteiger partial charge in [-0.05, 0) is 128 Å². The maximum Gasteiger partial charge on any atom is 0.317 e. The first-order chi connectivity index (χ1) is 44.6. The van der Waals surface area contributed by atoms with Crippen molar-refractivity contribution in [3.05, 3.63) is 69.4 Å². The van der Waals surface area contributed by atoms with Crippen molar-refractivity contribution in [3.8, 4) is 11.8 Å². The number of carbonyl (C=O) groups is 9. The minimum atomic E-state index is -3.15. The number of ether oxygens (including phenoxy) is 2. The molecule has 2 aromatic carbocycles. The number of nitrogens with one attached hydrogen (secondary N) is 3. The van der Waals surface area contributed by atoms with Crippen molar-refractivity contribution in [1.82, 2.24) is 50.3 Å². The third kappa shape index (κ3) is 27.8. The second kappa shape index (κ2) is 39.6. The van der Waals surface area contributed by atoms with Gasteiger partial charge in [0.2, 0.25) is 29.5 Å². The molecule has 1 unspecified atom stereocenters. The number of likely N-dealkylation sites (tertiary alicyclic amines) is 2. The zero-order valence-electron chi connectivity index (χ0n) is 52.9. The smallest absolute Gasteiger partial charge is 0.317 e. The molecule has 3 saturated heterocycles. The Hall–Kier alpha value is -7.04. The Morgan fingerprint density at radius 2 is 1.30 bits per heavy atom. The molecule has 0 spiro atoms. The van der Waals surface area contributed by atoms with Gasteiger partial charge in [0.1, 0.15) is 17.8 Å². The fourth-order valence-electron chi connectivity index (χ4n) is 11.7. The van der Waals surface area contributed by atoms with E-state index in [1.807, 2.05) is 29.2 Å². The molecule has 0 radical (unpaired) electrons. The number of carboxylic acid groups (broad SMARTS) is 3. The number of hydrogen-bond donors (Lipinski definition) is 6. The highest BCUT2D eigenvalue weighted by atomic mass is 127. The molecule has 0 saturated carbocycles. The van der Waals surface area contributed by atoms with E-state index in [0.29, 0.717) is 86.4 Å². The number of ketones is 1. The lowest BCUT2D eigenvalue weighted by Gasteiger charge is -2.33. The lowest BCUT2D eigenvalue weighted by Crippen LogP contribution is -2.52. The van der Waals surface area contributed by atoms with Gasteiger partial charge in [-0.3, -0.25) is 67.7 Å². The largest absolute Gasteiger partial charge is 0.494 e. The van der Waals surface area contributed by atoms with Gasteiger partial charge >= 0.3 is 17.9 Å². The molecule has 1 aromatic heterocycles. The lowest BCUT2D eigenvalue weighted by molar-refractivity contribution is -0.140. The topological polar surface area (TPSA) is 325 Å². The van der Waals surface area contributed by atoms with Gasteiger partial charge in [0.05, 0.1) is 57.5 Å². The van der Waals surface area contributed by atoms with Gasteiger partial charge in [0, 0.05) is 138 Å². The maximum atomic E-state index is 13.9. The molecule has 3 aliphatic heterocycles. The van der Waals surface area contributed by atoms with Gasteiger partial charge in [0.25, 0.3) is 5.92 Å². The molecule has 6 N–H and O–H groups in total. The lowest BCUT2D eigenvalue weighted by atomic mass is 9.91. The molecule has 510 valence electrons. The number of aromatic nitrogens is 1. The zero-order valence-corrected chi connectivity index (χ0v) is 55.1. The number of Topliss-reactive ketones (excluding diaryl/α,β-unsaturated/α-hetero) is 1. The minimum absolute atomic E-state index is 0.0757. The van der Waals surface area contributed by atoms with E-state index in [0.717, 1.165) is 52.6 Å². The molecule has 4 heterocycles. The summed E-state index contributed by atoms with van der Waals surface area (Å²) >= 11 is 2.25. The molecule has 3 fully saturated rings. The van der Waals surface area contributed by atoms with Crippen LogP contribution in [0.1, 0.15) is 112 Å². The van der Waals surface area contributed by atoms with E-state index in [4.69, 9.17) is 9.47 Å². The molecule has 25 nitrogen and oxygen atoms in total. The fraction of sp³-hybridized carbons (Fsp3) is 0.615. The second-order valence-electron chi connectivity index (χ2n) is 24.1. The number of carbonyl (C=O) groups excluding carboxylic acids is 6. The third-order valence-corrected chi connectivity index (χ3v) is 17.6. The number of aryl methyl sites for hydroxylation is 1.